The van der Waals surface area contributed by atoms with E-state index < -0.39 is 0 Å². The number of hydrogen-bond acceptors (Lipinski definition) is 5. The maximum absolute atomic E-state index is 9.11. The van der Waals surface area contributed by atoms with E-state index in [1.165, 1.54) is 0 Å². The van der Waals surface area contributed by atoms with Crippen molar-refractivity contribution in [2.45, 2.75) is 26.5 Å². The summed E-state index contributed by atoms with van der Waals surface area (Å²) >= 11 is 0. The standard InChI is InChI=1S/C15H26N2O3/c1-4-20-14-6-5-13(9-15(14)19-3)11-17-8-7-16-10-12(2)18/h5-6,9,12,16-18H,4,7-8,10-11H2,1-3H3. The Morgan fingerprint density at radius 3 is 2.60 bits per heavy atom. The molecule has 1 atom stereocenters. The van der Waals surface area contributed by atoms with Gasteiger partial charge in [0.2, 0.25) is 0 Å². The SMILES string of the molecule is CCOc1ccc(CNCCNCC(C)O)cc1OC. The summed E-state index contributed by atoms with van der Waals surface area (Å²) in [7, 11) is 1.65. The predicted molar refractivity (Wildman–Crippen MR) is 80.4 cm³/mol. The van der Waals surface area contributed by atoms with Crippen LogP contribution in [-0.4, -0.2) is 44.6 Å². The Labute approximate surface area is 121 Å². The van der Waals surface area contributed by atoms with Gasteiger partial charge in [0.05, 0.1) is 19.8 Å². The average Bonchev–Trinajstić information content (AvgIpc) is 2.44. The molecule has 1 aromatic rings. The fourth-order valence-electron chi connectivity index (χ4n) is 1.82. The van der Waals surface area contributed by atoms with Gasteiger partial charge in [0, 0.05) is 26.2 Å². The second-order valence-corrected chi connectivity index (χ2v) is 4.65. The third-order valence-corrected chi connectivity index (χ3v) is 2.78. The molecule has 114 valence electrons. The minimum atomic E-state index is -0.301. The third kappa shape index (κ3) is 6.23. The van der Waals surface area contributed by atoms with E-state index in [-0.39, 0.29) is 6.10 Å². The third-order valence-electron chi connectivity index (χ3n) is 2.78. The monoisotopic (exact) mass is 282 g/mol. The molecular weight excluding hydrogens is 256 g/mol. The summed E-state index contributed by atoms with van der Waals surface area (Å²) in [6.45, 7) is 7.43. The van der Waals surface area contributed by atoms with Gasteiger partial charge in [-0.2, -0.15) is 0 Å². The lowest BCUT2D eigenvalue weighted by Gasteiger charge is -2.12. The second kappa shape index (κ2) is 9.58. The molecule has 1 rings (SSSR count). The molecule has 0 aromatic heterocycles. The summed E-state index contributed by atoms with van der Waals surface area (Å²) in [5.41, 5.74) is 1.15. The largest absolute Gasteiger partial charge is 0.493 e. The van der Waals surface area contributed by atoms with E-state index in [2.05, 4.69) is 10.6 Å². The molecule has 0 fully saturated rings. The molecule has 0 heterocycles. The van der Waals surface area contributed by atoms with Crippen molar-refractivity contribution in [3.8, 4) is 11.5 Å². The Hall–Kier alpha value is -1.30. The number of methoxy groups -OCH3 is 1. The number of aliphatic hydroxyl groups excluding tert-OH is 1. The maximum Gasteiger partial charge on any atom is 0.161 e. The van der Waals surface area contributed by atoms with Crippen LogP contribution in [0.3, 0.4) is 0 Å². The van der Waals surface area contributed by atoms with E-state index in [0.717, 1.165) is 36.7 Å². The minimum Gasteiger partial charge on any atom is -0.493 e. The van der Waals surface area contributed by atoms with Crippen LogP contribution < -0.4 is 20.1 Å². The Balaban J connectivity index is 2.33. The topological polar surface area (TPSA) is 62.8 Å². The molecule has 0 saturated heterocycles. The lowest BCUT2D eigenvalue weighted by atomic mass is 10.2. The number of hydrogen-bond donors (Lipinski definition) is 3. The average molecular weight is 282 g/mol. The molecule has 20 heavy (non-hydrogen) atoms. The zero-order valence-electron chi connectivity index (χ0n) is 12.6. The highest BCUT2D eigenvalue weighted by Crippen LogP contribution is 2.27. The molecule has 0 saturated carbocycles. The molecule has 1 aromatic carbocycles. The summed E-state index contributed by atoms with van der Waals surface area (Å²) in [5.74, 6) is 1.54. The minimum absolute atomic E-state index is 0.301. The molecule has 0 amide bonds. The molecule has 0 aliphatic rings. The Bertz CT molecular complexity index is 383. The van der Waals surface area contributed by atoms with Gasteiger partial charge in [-0.05, 0) is 31.5 Å². The van der Waals surface area contributed by atoms with Crippen molar-refractivity contribution in [1.29, 1.82) is 0 Å². The molecule has 1 unspecified atom stereocenters. The zero-order chi connectivity index (χ0) is 14.8. The van der Waals surface area contributed by atoms with Crippen LogP contribution in [0.2, 0.25) is 0 Å². The fourth-order valence-corrected chi connectivity index (χ4v) is 1.82. The van der Waals surface area contributed by atoms with Gasteiger partial charge in [-0.1, -0.05) is 6.07 Å². The summed E-state index contributed by atoms with van der Waals surface area (Å²) < 4.78 is 10.8. The van der Waals surface area contributed by atoms with Crippen LogP contribution >= 0.6 is 0 Å². The van der Waals surface area contributed by atoms with Gasteiger partial charge in [0.1, 0.15) is 0 Å². The Morgan fingerprint density at radius 1 is 1.20 bits per heavy atom. The highest BCUT2D eigenvalue weighted by molar-refractivity contribution is 5.42. The van der Waals surface area contributed by atoms with Gasteiger partial charge < -0.3 is 25.2 Å². The summed E-state index contributed by atoms with van der Waals surface area (Å²) in [6, 6.07) is 5.95. The molecule has 0 radical (unpaired) electrons. The molecular formula is C15H26N2O3. The lowest BCUT2D eigenvalue weighted by molar-refractivity contribution is 0.191. The van der Waals surface area contributed by atoms with Crippen molar-refractivity contribution in [2.24, 2.45) is 0 Å². The van der Waals surface area contributed by atoms with Crippen LogP contribution in [0, 0.1) is 0 Å². The van der Waals surface area contributed by atoms with Crippen molar-refractivity contribution in [3.05, 3.63) is 23.8 Å². The van der Waals surface area contributed by atoms with Crippen molar-refractivity contribution in [3.63, 3.8) is 0 Å². The van der Waals surface area contributed by atoms with E-state index in [4.69, 9.17) is 14.6 Å². The number of aliphatic hydroxyl groups is 1. The molecule has 5 heteroatoms. The van der Waals surface area contributed by atoms with Crippen molar-refractivity contribution in [2.75, 3.05) is 33.4 Å². The van der Waals surface area contributed by atoms with E-state index in [1.807, 2.05) is 25.1 Å². The predicted octanol–water partition coefficient (Wildman–Crippen LogP) is 1.15. The van der Waals surface area contributed by atoms with E-state index in [9.17, 15) is 0 Å². The molecule has 0 aliphatic heterocycles. The van der Waals surface area contributed by atoms with Crippen molar-refractivity contribution < 1.29 is 14.6 Å². The van der Waals surface area contributed by atoms with Crippen LogP contribution in [0.1, 0.15) is 19.4 Å². The van der Waals surface area contributed by atoms with Gasteiger partial charge in [0.25, 0.3) is 0 Å². The highest BCUT2D eigenvalue weighted by atomic mass is 16.5. The molecule has 0 bridgehead atoms. The second-order valence-electron chi connectivity index (χ2n) is 4.65. The van der Waals surface area contributed by atoms with Crippen molar-refractivity contribution >= 4 is 0 Å². The van der Waals surface area contributed by atoms with E-state index in [1.54, 1.807) is 14.0 Å². The first kappa shape index (κ1) is 16.8. The number of rotatable bonds is 10. The number of nitrogens with one attached hydrogen (secondary N) is 2. The number of benzene rings is 1. The summed E-state index contributed by atoms with van der Waals surface area (Å²) in [5, 5.41) is 15.6. The zero-order valence-corrected chi connectivity index (χ0v) is 12.6. The van der Waals surface area contributed by atoms with Crippen LogP contribution in [0.25, 0.3) is 0 Å². The first-order valence-corrected chi connectivity index (χ1v) is 7.06. The number of ether oxygens (including phenoxy) is 2. The van der Waals surface area contributed by atoms with Gasteiger partial charge in [-0.3, -0.25) is 0 Å². The molecule has 0 spiro atoms. The Kier molecular flexibility index (Phi) is 8.02. The smallest absolute Gasteiger partial charge is 0.161 e. The first-order chi connectivity index (χ1) is 9.67. The Morgan fingerprint density at radius 2 is 1.95 bits per heavy atom. The summed E-state index contributed by atoms with van der Waals surface area (Å²) in [6.07, 6.45) is -0.301. The quantitative estimate of drug-likeness (QED) is 0.562. The normalized spacial score (nSPS) is 12.2. The fraction of sp³-hybridized carbons (Fsp3) is 0.600. The van der Waals surface area contributed by atoms with Crippen molar-refractivity contribution in [1.82, 2.24) is 10.6 Å². The molecule has 0 aliphatic carbocycles. The van der Waals surface area contributed by atoms with Gasteiger partial charge in [0.15, 0.2) is 11.5 Å². The maximum atomic E-state index is 9.11. The van der Waals surface area contributed by atoms with Gasteiger partial charge in [-0.25, -0.2) is 0 Å². The van der Waals surface area contributed by atoms with E-state index in [0.29, 0.717) is 13.2 Å². The highest BCUT2D eigenvalue weighted by Gasteiger charge is 2.04. The van der Waals surface area contributed by atoms with Crippen LogP contribution in [0.4, 0.5) is 0 Å². The van der Waals surface area contributed by atoms with Gasteiger partial charge >= 0.3 is 0 Å². The molecule has 3 N–H and O–H groups in total. The van der Waals surface area contributed by atoms with Gasteiger partial charge in [-0.15, -0.1) is 0 Å². The lowest BCUT2D eigenvalue weighted by Crippen LogP contribution is -2.31. The first-order valence-electron chi connectivity index (χ1n) is 7.06. The van der Waals surface area contributed by atoms with Crippen LogP contribution in [0.5, 0.6) is 11.5 Å². The molecule has 5 nitrogen and oxygen atoms in total. The van der Waals surface area contributed by atoms with Crippen LogP contribution in [0.15, 0.2) is 18.2 Å². The summed E-state index contributed by atoms with van der Waals surface area (Å²) in [4.78, 5) is 0. The van der Waals surface area contributed by atoms with Crippen LogP contribution in [-0.2, 0) is 6.54 Å². The van der Waals surface area contributed by atoms with E-state index >= 15 is 0 Å².